The van der Waals surface area contributed by atoms with Crippen molar-refractivity contribution in [2.45, 2.75) is 27.2 Å². The van der Waals surface area contributed by atoms with Crippen molar-refractivity contribution in [3.63, 3.8) is 0 Å². The number of hydrogen-bond acceptors (Lipinski definition) is 4. The quantitative estimate of drug-likeness (QED) is 0.633. The lowest BCUT2D eigenvalue weighted by Gasteiger charge is -2.23. The molecule has 106 valence electrons. The van der Waals surface area contributed by atoms with Crippen LogP contribution in [0.4, 0.5) is 15.8 Å². The average Bonchev–Trinajstić information content (AvgIpc) is 2.36. The maximum Gasteiger partial charge on any atom is 0.313 e. The van der Waals surface area contributed by atoms with Crippen LogP contribution in [0.25, 0.3) is 0 Å². The third-order valence-corrected chi connectivity index (χ3v) is 3.18. The van der Waals surface area contributed by atoms with Crippen molar-refractivity contribution in [1.29, 1.82) is 0 Å². The standard InChI is InChI=1S/C13H19FN2O3/c1-5-13(2,3)8-15-10-7-12(19-4)11(16(17)18)6-9(10)14/h6-7,15H,5,8H2,1-4H3. The van der Waals surface area contributed by atoms with Gasteiger partial charge in [-0.05, 0) is 11.8 Å². The number of nitro benzene ring substituents is 1. The summed E-state index contributed by atoms with van der Waals surface area (Å²) < 4.78 is 18.7. The minimum atomic E-state index is -0.665. The Balaban J connectivity index is 3.00. The van der Waals surface area contributed by atoms with E-state index >= 15 is 0 Å². The van der Waals surface area contributed by atoms with E-state index in [1.165, 1.54) is 13.2 Å². The molecule has 0 saturated carbocycles. The highest BCUT2D eigenvalue weighted by molar-refractivity contribution is 5.59. The summed E-state index contributed by atoms with van der Waals surface area (Å²) in [5, 5.41) is 13.7. The van der Waals surface area contributed by atoms with Crippen molar-refractivity contribution in [3.8, 4) is 5.75 Å². The summed E-state index contributed by atoms with van der Waals surface area (Å²) in [4.78, 5) is 10.1. The molecule has 19 heavy (non-hydrogen) atoms. The maximum absolute atomic E-state index is 13.8. The predicted molar refractivity (Wildman–Crippen MR) is 72.2 cm³/mol. The van der Waals surface area contributed by atoms with Gasteiger partial charge in [0.2, 0.25) is 0 Å². The van der Waals surface area contributed by atoms with Crippen LogP contribution in [0, 0.1) is 21.3 Å². The number of halogens is 1. The lowest BCUT2D eigenvalue weighted by Crippen LogP contribution is -2.22. The summed E-state index contributed by atoms with van der Waals surface area (Å²) >= 11 is 0. The zero-order valence-corrected chi connectivity index (χ0v) is 11.6. The molecule has 0 fully saturated rings. The average molecular weight is 270 g/mol. The number of nitro groups is 1. The van der Waals surface area contributed by atoms with E-state index in [0.717, 1.165) is 12.5 Å². The Kier molecular flexibility index (Phi) is 4.69. The molecule has 0 spiro atoms. The SMILES string of the molecule is CCC(C)(C)CNc1cc(OC)c([N+](=O)[O-])cc1F. The Hall–Kier alpha value is -1.85. The number of rotatable bonds is 6. The summed E-state index contributed by atoms with van der Waals surface area (Å²) in [6.07, 6.45) is 0.936. The number of nitrogens with zero attached hydrogens (tertiary/aromatic N) is 1. The van der Waals surface area contributed by atoms with Crippen LogP contribution >= 0.6 is 0 Å². The molecule has 1 N–H and O–H groups in total. The highest BCUT2D eigenvalue weighted by Gasteiger charge is 2.21. The smallest absolute Gasteiger partial charge is 0.313 e. The van der Waals surface area contributed by atoms with Crippen LogP contribution < -0.4 is 10.1 Å². The zero-order chi connectivity index (χ0) is 14.6. The number of nitrogens with one attached hydrogen (secondary N) is 1. The van der Waals surface area contributed by atoms with Gasteiger partial charge in [0, 0.05) is 12.6 Å². The van der Waals surface area contributed by atoms with Crippen LogP contribution in [-0.4, -0.2) is 18.6 Å². The van der Waals surface area contributed by atoms with Gasteiger partial charge >= 0.3 is 5.69 Å². The summed E-state index contributed by atoms with van der Waals surface area (Å²) in [5.41, 5.74) is -0.147. The van der Waals surface area contributed by atoms with Gasteiger partial charge in [-0.3, -0.25) is 10.1 Å². The largest absolute Gasteiger partial charge is 0.490 e. The van der Waals surface area contributed by atoms with Crippen LogP contribution in [0.3, 0.4) is 0 Å². The van der Waals surface area contributed by atoms with Crippen LogP contribution in [0.15, 0.2) is 12.1 Å². The molecule has 1 aromatic carbocycles. The Morgan fingerprint density at radius 3 is 2.58 bits per heavy atom. The fourth-order valence-corrected chi connectivity index (χ4v) is 1.44. The monoisotopic (exact) mass is 270 g/mol. The topological polar surface area (TPSA) is 64.4 Å². The van der Waals surface area contributed by atoms with Gasteiger partial charge in [-0.2, -0.15) is 0 Å². The fourth-order valence-electron chi connectivity index (χ4n) is 1.44. The minimum absolute atomic E-state index is 0.0153. The third kappa shape index (κ3) is 3.81. The number of methoxy groups -OCH3 is 1. The molecule has 0 aromatic heterocycles. The molecule has 0 saturated heterocycles. The molecule has 0 heterocycles. The summed E-state index contributed by atoms with van der Waals surface area (Å²) in [6.45, 7) is 6.73. The van der Waals surface area contributed by atoms with Gasteiger partial charge in [-0.15, -0.1) is 0 Å². The summed E-state index contributed by atoms with van der Waals surface area (Å²) in [5.74, 6) is -0.609. The first-order valence-corrected chi connectivity index (χ1v) is 6.06. The van der Waals surface area contributed by atoms with E-state index in [0.29, 0.717) is 6.54 Å². The van der Waals surface area contributed by atoms with Gasteiger partial charge in [0.05, 0.1) is 23.8 Å². The molecule has 6 heteroatoms. The van der Waals surface area contributed by atoms with E-state index in [9.17, 15) is 14.5 Å². The Labute approximate surface area is 111 Å². The minimum Gasteiger partial charge on any atom is -0.490 e. The first kappa shape index (κ1) is 15.2. The molecule has 0 aliphatic carbocycles. The van der Waals surface area contributed by atoms with Gasteiger partial charge in [0.1, 0.15) is 0 Å². The van der Waals surface area contributed by atoms with Crippen LogP contribution in [0.1, 0.15) is 27.2 Å². The molecule has 1 aromatic rings. The first-order chi connectivity index (χ1) is 8.80. The number of anilines is 1. The van der Waals surface area contributed by atoms with E-state index < -0.39 is 10.7 Å². The number of hydrogen-bond donors (Lipinski definition) is 1. The number of ether oxygens (including phenoxy) is 1. The lowest BCUT2D eigenvalue weighted by atomic mass is 9.90. The van der Waals surface area contributed by atoms with Crippen molar-refractivity contribution >= 4 is 11.4 Å². The first-order valence-electron chi connectivity index (χ1n) is 6.06. The molecule has 5 nitrogen and oxygen atoms in total. The second-order valence-corrected chi connectivity index (χ2v) is 5.13. The van der Waals surface area contributed by atoms with Gasteiger partial charge in [-0.25, -0.2) is 4.39 Å². The molecule has 0 amide bonds. The Bertz CT molecular complexity index is 475. The second-order valence-electron chi connectivity index (χ2n) is 5.13. The molecule has 0 aliphatic rings. The predicted octanol–water partition coefficient (Wildman–Crippen LogP) is 3.59. The van der Waals surface area contributed by atoms with E-state index in [1.54, 1.807) is 0 Å². The molecule has 0 radical (unpaired) electrons. The van der Waals surface area contributed by atoms with Crippen molar-refractivity contribution in [2.75, 3.05) is 19.0 Å². The van der Waals surface area contributed by atoms with Gasteiger partial charge in [-0.1, -0.05) is 20.8 Å². The van der Waals surface area contributed by atoms with Crippen LogP contribution in [-0.2, 0) is 0 Å². The highest BCUT2D eigenvalue weighted by Crippen LogP contribution is 2.33. The Morgan fingerprint density at radius 1 is 1.47 bits per heavy atom. The van der Waals surface area contributed by atoms with Gasteiger partial charge in [0.25, 0.3) is 0 Å². The van der Waals surface area contributed by atoms with Crippen LogP contribution in [0.5, 0.6) is 5.75 Å². The molecule has 0 bridgehead atoms. The molecule has 0 atom stereocenters. The molecular weight excluding hydrogens is 251 g/mol. The van der Waals surface area contributed by atoms with Crippen molar-refractivity contribution in [3.05, 3.63) is 28.1 Å². The molecule has 0 unspecified atom stereocenters. The summed E-state index contributed by atoms with van der Waals surface area (Å²) in [6, 6.07) is 2.19. The van der Waals surface area contributed by atoms with Crippen LogP contribution in [0.2, 0.25) is 0 Å². The second kappa shape index (κ2) is 5.86. The molecular formula is C13H19FN2O3. The molecule has 1 rings (SSSR count). The third-order valence-electron chi connectivity index (χ3n) is 3.18. The van der Waals surface area contributed by atoms with Crippen molar-refractivity contribution in [1.82, 2.24) is 0 Å². The molecule has 0 aliphatic heterocycles. The summed E-state index contributed by atoms with van der Waals surface area (Å²) in [7, 11) is 1.32. The maximum atomic E-state index is 13.8. The lowest BCUT2D eigenvalue weighted by molar-refractivity contribution is -0.385. The number of benzene rings is 1. The Morgan fingerprint density at radius 2 is 2.11 bits per heavy atom. The fraction of sp³-hybridized carbons (Fsp3) is 0.538. The zero-order valence-electron chi connectivity index (χ0n) is 11.6. The van der Waals surface area contributed by atoms with E-state index in [1.807, 2.05) is 0 Å². The normalized spacial score (nSPS) is 11.2. The van der Waals surface area contributed by atoms with E-state index in [2.05, 4.69) is 26.1 Å². The highest BCUT2D eigenvalue weighted by atomic mass is 19.1. The van der Waals surface area contributed by atoms with E-state index in [-0.39, 0.29) is 22.5 Å². The van der Waals surface area contributed by atoms with Gasteiger partial charge in [0.15, 0.2) is 11.6 Å². The van der Waals surface area contributed by atoms with E-state index in [4.69, 9.17) is 4.74 Å². The van der Waals surface area contributed by atoms with Crippen molar-refractivity contribution in [2.24, 2.45) is 5.41 Å². The van der Waals surface area contributed by atoms with Gasteiger partial charge < -0.3 is 10.1 Å². The van der Waals surface area contributed by atoms with Crippen molar-refractivity contribution < 1.29 is 14.1 Å².